The minimum Gasteiger partial charge on any atom is -0.480 e. The molecule has 0 bridgehead atoms. The molecule has 1 aliphatic heterocycles. The summed E-state index contributed by atoms with van der Waals surface area (Å²) in [6.07, 6.45) is 4.90. The van der Waals surface area contributed by atoms with Crippen molar-refractivity contribution in [3.8, 4) is 0 Å². The van der Waals surface area contributed by atoms with E-state index < -0.39 is 12.0 Å². The van der Waals surface area contributed by atoms with E-state index in [2.05, 4.69) is 10.6 Å². The minimum atomic E-state index is -0.993. The number of carbonyl (C=O) groups is 2. The molecule has 104 valence electrons. The van der Waals surface area contributed by atoms with E-state index in [1.165, 1.54) is 12.8 Å². The van der Waals surface area contributed by atoms with Crippen LogP contribution in [-0.4, -0.2) is 42.2 Å². The predicted molar refractivity (Wildman–Crippen MR) is 68.1 cm³/mol. The molecule has 5 N–H and O–H groups in total. The van der Waals surface area contributed by atoms with Gasteiger partial charge in [-0.3, -0.25) is 9.59 Å². The number of aliphatic carboxylic acids is 1. The van der Waals surface area contributed by atoms with Crippen LogP contribution in [0.15, 0.2) is 0 Å². The van der Waals surface area contributed by atoms with Crippen LogP contribution in [0.4, 0.5) is 0 Å². The van der Waals surface area contributed by atoms with Crippen LogP contribution in [0.5, 0.6) is 0 Å². The van der Waals surface area contributed by atoms with Gasteiger partial charge in [0, 0.05) is 19.0 Å². The van der Waals surface area contributed by atoms with Crippen molar-refractivity contribution in [1.82, 2.24) is 10.6 Å². The summed E-state index contributed by atoms with van der Waals surface area (Å²) in [6.45, 7) is 1.48. The first kappa shape index (κ1) is 14.9. The van der Waals surface area contributed by atoms with Crippen LogP contribution in [0.2, 0.25) is 0 Å². The van der Waals surface area contributed by atoms with Gasteiger partial charge in [0.25, 0.3) is 0 Å². The predicted octanol–water partition coefficient (Wildman–Crippen LogP) is -0.173. The maximum Gasteiger partial charge on any atom is 0.320 e. The highest BCUT2D eigenvalue weighted by molar-refractivity contribution is 5.76. The van der Waals surface area contributed by atoms with E-state index >= 15 is 0 Å². The van der Waals surface area contributed by atoms with Crippen molar-refractivity contribution in [3.63, 3.8) is 0 Å². The zero-order valence-corrected chi connectivity index (χ0v) is 10.7. The standard InChI is InChI=1S/C12H23N3O3/c13-10(12(17)18)5-3-7-15-11(16)8-9-4-1-2-6-14-9/h9-10,14H,1-8,13H2,(H,15,16)(H,17,18)/t9?,10-/m0/s1. The van der Waals surface area contributed by atoms with Gasteiger partial charge in [0.1, 0.15) is 6.04 Å². The number of amides is 1. The molecule has 1 saturated heterocycles. The quantitative estimate of drug-likeness (QED) is 0.474. The first-order chi connectivity index (χ1) is 8.59. The van der Waals surface area contributed by atoms with E-state index in [0.717, 1.165) is 13.0 Å². The molecule has 1 fully saturated rings. The number of nitrogens with one attached hydrogen (secondary N) is 2. The first-order valence-electron chi connectivity index (χ1n) is 6.58. The smallest absolute Gasteiger partial charge is 0.320 e. The van der Waals surface area contributed by atoms with Gasteiger partial charge in [0.15, 0.2) is 0 Å². The SMILES string of the molecule is N[C@@H](CCCNC(=O)CC1CCCCN1)C(=O)O. The normalized spacial score (nSPS) is 21.3. The molecule has 0 spiro atoms. The van der Waals surface area contributed by atoms with E-state index in [1.54, 1.807) is 0 Å². The maximum absolute atomic E-state index is 11.6. The number of piperidine rings is 1. The lowest BCUT2D eigenvalue weighted by Gasteiger charge is -2.22. The second kappa shape index (κ2) is 8.05. The summed E-state index contributed by atoms with van der Waals surface area (Å²) in [6, 6.07) is -0.540. The average Bonchev–Trinajstić information content (AvgIpc) is 2.35. The van der Waals surface area contributed by atoms with E-state index in [-0.39, 0.29) is 5.91 Å². The molecule has 1 unspecified atom stereocenters. The van der Waals surface area contributed by atoms with Crippen LogP contribution < -0.4 is 16.4 Å². The number of carbonyl (C=O) groups excluding carboxylic acids is 1. The lowest BCUT2D eigenvalue weighted by Crippen LogP contribution is -2.39. The molecule has 6 heteroatoms. The number of hydrogen-bond acceptors (Lipinski definition) is 4. The third kappa shape index (κ3) is 5.97. The van der Waals surface area contributed by atoms with Crippen molar-refractivity contribution < 1.29 is 14.7 Å². The fraction of sp³-hybridized carbons (Fsp3) is 0.833. The maximum atomic E-state index is 11.6. The number of rotatable bonds is 7. The molecule has 0 aromatic carbocycles. The highest BCUT2D eigenvalue weighted by Crippen LogP contribution is 2.09. The van der Waals surface area contributed by atoms with Crippen molar-refractivity contribution in [2.75, 3.05) is 13.1 Å². The molecule has 18 heavy (non-hydrogen) atoms. The second-order valence-electron chi connectivity index (χ2n) is 4.79. The zero-order valence-electron chi connectivity index (χ0n) is 10.7. The van der Waals surface area contributed by atoms with E-state index in [1.807, 2.05) is 0 Å². The lowest BCUT2D eigenvalue weighted by molar-refractivity contribution is -0.138. The Morgan fingerprint density at radius 2 is 2.22 bits per heavy atom. The summed E-state index contributed by atoms with van der Waals surface area (Å²) in [7, 11) is 0. The Morgan fingerprint density at radius 1 is 1.44 bits per heavy atom. The van der Waals surface area contributed by atoms with Gasteiger partial charge in [0.05, 0.1) is 0 Å². The van der Waals surface area contributed by atoms with Gasteiger partial charge in [-0.25, -0.2) is 0 Å². The van der Waals surface area contributed by atoms with Crippen molar-refractivity contribution in [2.24, 2.45) is 5.73 Å². The summed E-state index contributed by atoms with van der Waals surface area (Å²) in [5, 5.41) is 14.7. The largest absolute Gasteiger partial charge is 0.480 e. The monoisotopic (exact) mass is 257 g/mol. The molecule has 1 amide bonds. The van der Waals surface area contributed by atoms with Gasteiger partial charge in [-0.05, 0) is 32.2 Å². The van der Waals surface area contributed by atoms with E-state index in [4.69, 9.17) is 10.8 Å². The van der Waals surface area contributed by atoms with E-state index in [0.29, 0.717) is 31.8 Å². The molecular formula is C12H23N3O3. The summed E-state index contributed by atoms with van der Waals surface area (Å²) in [4.78, 5) is 22.1. The summed E-state index contributed by atoms with van der Waals surface area (Å²) < 4.78 is 0. The topological polar surface area (TPSA) is 104 Å². The molecule has 0 saturated carbocycles. The van der Waals surface area contributed by atoms with Crippen LogP contribution in [0.3, 0.4) is 0 Å². The molecule has 1 heterocycles. The van der Waals surface area contributed by atoms with E-state index in [9.17, 15) is 9.59 Å². The lowest BCUT2D eigenvalue weighted by atomic mass is 10.0. The molecule has 0 aliphatic carbocycles. The van der Waals surface area contributed by atoms with Gasteiger partial charge in [0.2, 0.25) is 5.91 Å². The highest BCUT2D eigenvalue weighted by atomic mass is 16.4. The summed E-state index contributed by atoms with van der Waals surface area (Å²) in [5.74, 6) is -0.967. The van der Waals surface area contributed by atoms with Crippen LogP contribution in [-0.2, 0) is 9.59 Å². The van der Waals surface area contributed by atoms with Gasteiger partial charge >= 0.3 is 5.97 Å². The highest BCUT2D eigenvalue weighted by Gasteiger charge is 2.16. The minimum absolute atomic E-state index is 0.0262. The fourth-order valence-electron chi connectivity index (χ4n) is 2.07. The molecule has 1 rings (SSSR count). The Bertz CT molecular complexity index is 278. The molecule has 0 aromatic heterocycles. The van der Waals surface area contributed by atoms with Gasteiger partial charge < -0.3 is 21.5 Å². The fourth-order valence-corrected chi connectivity index (χ4v) is 2.07. The number of carboxylic acid groups (broad SMARTS) is 1. The van der Waals surface area contributed by atoms with Gasteiger partial charge in [-0.1, -0.05) is 6.42 Å². The van der Waals surface area contributed by atoms with Crippen molar-refractivity contribution in [2.45, 2.75) is 50.6 Å². The molecular weight excluding hydrogens is 234 g/mol. The summed E-state index contributed by atoms with van der Waals surface area (Å²) in [5.41, 5.74) is 5.36. The molecule has 1 aliphatic rings. The average molecular weight is 257 g/mol. The summed E-state index contributed by atoms with van der Waals surface area (Å²) >= 11 is 0. The third-order valence-corrected chi connectivity index (χ3v) is 3.18. The van der Waals surface area contributed by atoms with Crippen molar-refractivity contribution in [3.05, 3.63) is 0 Å². The van der Waals surface area contributed by atoms with Crippen LogP contribution in [0.1, 0.15) is 38.5 Å². The van der Waals surface area contributed by atoms with Crippen molar-refractivity contribution in [1.29, 1.82) is 0 Å². The van der Waals surface area contributed by atoms with Crippen LogP contribution in [0, 0.1) is 0 Å². The zero-order chi connectivity index (χ0) is 13.4. The van der Waals surface area contributed by atoms with Crippen LogP contribution >= 0.6 is 0 Å². The number of hydrogen-bond donors (Lipinski definition) is 4. The first-order valence-corrected chi connectivity index (χ1v) is 6.58. The number of carboxylic acids is 1. The number of nitrogens with two attached hydrogens (primary N) is 1. The molecule has 0 radical (unpaired) electrons. The Balaban J connectivity index is 2.04. The van der Waals surface area contributed by atoms with Crippen molar-refractivity contribution >= 4 is 11.9 Å². The third-order valence-electron chi connectivity index (χ3n) is 3.18. The second-order valence-corrected chi connectivity index (χ2v) is 4.79. The Hall–Kier alpha value is -1.14. The Kier molecular flexibility index (Phi) is 6.67. The molecule has 2 atom stereocenters. The van der Waals surface area contributed by atoms with Crippen LogP contribution in [0.25, 0.3) is 0 Å². The molecule has 6 nitrogen and oxygen atoms in total. The Morgan fingerprint density at radius 3 is 2.83 bits per heavy atom. The Labute approximate surface area is 107 Å². The van der Waals surface area contributed by atoms with Gasteiger partial charge in [-0.15, -0.1) is 0 Å². The van der Waals surface area contributed by atoms with Gasteiger partial charge in [-0.2, -0.15) is 0 Å². The molecule has 0 aromatic rings.